The molecule has 10 nitrogen and oxygen atoms in total. The second-order valence-electron chi connectivity index (χ2n) is 6.80. The largest absolute Gasteiger partial charge is 0.491 e. The van der Waals surface area contributed by atoms with Gasteiger partial charge in [0, 0.05) is 11.6 Å². The van der Waals surface area contributed by atoms with Gasteiger partial charge in [-0.3, -0.25) is 14.5 Å². The van der Waals surface area contributed by atoms with E-state index in [0.717, 1.165) is 16.5 Å². The molecule has 0 unspecified atom stereocenters. The topological polar surface area (TPSA) is 128 Å². The van der Waals surface area contributed by atoms with Crippen LogP contribution in [0.4, 0.5) is 0 Å². The summed E-state index contributed by atoms with van der Waals surface area (Å²) in [5.41, 5.74) is 0.256. The molecule has 10 heteroatoms. The van der Waals surface area contributed by atoms with E-state index in [0.29, 0.717) is 24.2 Å². The van der Waals surface area contributed by atoms with Gasteiger partial charge in [-0.25, -0.2) is 14.5 Å². The third-order valence-corrected chi connectivity index (χ3v) is 4.84. The molecule has 2 aromatic carbocycles. The molecule has 0 aliphatic heterocycles. The van der Waals surface area contributed by atoms with E-state index < -0.39 is 11.5 Å². The molecule has 5 aromatic rings. The van der Waals surface area contributed by atoms with Gasteiger partial charge in [-0.15, -0.1) is 0 Å². The average Bonchev–Trinajstić information content (AvgIpc) is 3.42. The zero-order valence-corrected chi connectivity index (χ0v) is 16.1. The molecule has 5 rings (SSSR count). The summed E-state index contributed by atoms with van der Waals surface area (Å²) >= 11 is 0. The number of hydrogen-bond acceptors (Lipinski definition) is 6. The fraction of sp³-hybridized carbons (Fsp3) is 0.0952. The number of ether oxygens (including phenoxy) is 1. The van der Waals surface area contributed by atoms with Gasteiger partial charge in [0.1, 0.15) is 17.9 Å². The van der Waals surface area contributed by atoms with Gasteiger partial charge in [0.15, 0.2) is 5.52 Å². The SMILES string of the molecule is O=C(O)c1cnn(-c2nc3cnn(CCOc4cccc5ccccc45)c3c(=O)[nH]2)c1. The quantitative estimate of drug-likeness (QED) is 0.434. The molecule has 0 saturated carbocycles. The number of aromatic amines is 1. The molecule has 0 radical (unpaired) electrons. The van der Waals surface area contributed by atoms with E-state index in [1.807, 2.05) is 42.5 Å². The Bertz CT molecular complexity index is 1480. The Labute approximate surface area is 174 Å². The lowest BCUT2D eigenvalue weighted by atomic mass is 10.1. The first-order valence-electron chi connectivity index (χ1n) is 9.45. The number of benzene rings is 2. The Morgan fingerprint density at radius 1 is 1.10 bits per heavy atom. The van der Waals surface area contributed by atoms with Gasteiger partial charge in [-0.2, -0.15) is 10.2 Å². The Balaban J connectivity index is 1.38. The zero-order valence-electron chi connectivity index (χ0n) is 16.1. The van der Waals surface area contributed by atoms with Gasteiger partial charge in [-0.1, -0.05) is 36.4 Å². The van der Waals surface area contributed by atoms with Crippen LogP contribution >= 0.6 is 0 Å². The molecule has 0 fully saturated rings. The van der Waals surface area contributed by atoms with E-state index in [2.05, 4.69) is 20.2 Å². The number of H-pyrrole nitrogens is 1. The lowest BCUT2D eigenvalue weighted by molar-refractivity contribution is 0.0697. The van der Waals surface area contributed by atoms with Crippen LogP contribution in [0.25, 0.3) is 27.8 Å². The molecule has 31 heavy (non-hydrogen) atoms. The number of aromatic nitrogens is 6. The summed E-state index contributed by atoms with van der Waals surface area (Å²) in [6.45, 7) is 0.662. The van der Waals surface area contributed by atoms with Crippen molar-refractivity contribution >= 4 is 27.8 Å². The van der Waals surface area contributed by atoms with Crippen LogP contribution < -0.4 is 10.3 Å². The van der Waals surface area contributed by atoms with E-state index >= 15 is 0 Å². The maximum absolute atomic E-state index is 12.6. The van der Waals surface area contributed by atoms with E-state index in [9.17, 15) is 9.59 Å². The zero-order chi connectivity index (χ0) is 21.4. The summed E-state index contributed by atoms with van der Waals surface area (Å²) in [5.74, 6) is -0.248. The van der Waals surface area contributed by atoms with Crippen molar-refractivity contribution in [1.82, 2.24) is 29.5 Å². The smallest absolute Gasteiger partial charge is 0.338 e. The van der Waals surface area contributed by atoms with Gasteiger partial charge in [0.05, 0.1) is 24.5 Å². The highest BCUT2D eigenvalue weighted by molar-refractivity contribution is 5.88. The lowest BCUT2D eigenvalue weighted by Crippen LogP contribution is -2.18. The van der Waals surface area contributed by atoms with Crippen LogP contribution in [0.1, 0.15) is 10.4 Å². The Hall–Kier alpha value is -4.47. The number of nitrogens with one attached hydrogen (secondary N) is 1. The maximum Gasteiger partial charge on any atom is 0.338 e. The molecule has 0 aliphatic rings. The van der Waals surface area contributed by atoms with Crippen LogP contribution in [-0.2, 0) is 6.54 Å². The van der Waals surface area contributed by atoms with Crippen LogP contribution in [0.5, 0.6) is 5.75 Å². The van der Waals surface area contributed by atoms with Gasteiger partial charge >= 0.3 is 5.97 Å². The van der Waals surface area contributed by atoms with Gasteiger partial charge in [-0.05, 0) is 11.5 Å². The van der Waals surface area contributed by atoms with Crippen molar-refractivity contribution in [2.45, 2.75) is 6.54 Å². The normalized spacial score (nSPS) is 11.2. The predicted molar refractivity (Wildman–Crippen MR) is 112 cm³/mol. The summed E-state index contributed by atoms with van der Waals surface area (Å²) < 4.78 is 8.67. The summed E-state index contributed by atoms with van der Waals surface area (Å²) in [7, 11) is 0. The third-order valence-electron chi connectivity index (χ3n) is 4.84. The van der Waals surface area contributed by atoms with Crippen molar-refractivity contribution < 1.29 is 14.6 Å². The van der Waals surface area contributed by atoms with E-state index in [-0.39, 0.29) is 11.5 Å². The van der Waals surface area contributed by atoms with Crippen molar-refractivity contribution in [3.8, 4) is 11.7 Å². The van der Waals surface area contributed by atoms with Crippen LogP contribution in [0.3, 0.4) is 0 Å². The van der Waals surface area contributed by atoms with E-state index in [4.69, 9.17) is 9.84 Å². The van der Waals surface area contributed by atoms with Gasteiger partial charge < -0.3 is 9.84 Å². The van der Waals surface area contributed by atoms with Crippen LogP contribution in [0, 0.1) is 0 Å². The third kappa shape index (κ3) is 3.39. The van der Waals surface area contributed by atoms with Crippen molar-refractivity contribution in [2.75, 3.05) is 6.61 Å². The molecular weight excluding hydrogens is 400 g/mol. The second-order valence-corrected chi connectivity index (χ2v) is 6.80. The first-order chi connectivity index (χ1) is 15.1. The Morgan fingerprint density at radius 3 is 2.77 bits per heavy atom. The van der Waals surface area contributed by atoms with E-state index in [1.165, 1.54) is 28.0 Å². The molecule has 0 bridgehead atoms. The maximum atomic E-state index is 12.6. The second kappa shape index (κ2) is 7.41. The van der Waals surface area contributed by atoms with Crippen molar-refractivity contribution in [1.29, 1.82) is 0 Å². The number of aromatic carboxylic acids is 1. The van der Waals surface area contributed by atoms with Gasteiger partial charge in [0.25, 0.3) is 5.56 Å². The monoisotopic (exact) mass is 416 g/mol. The molecule has 3 heterocycles. The molecule has 0 atom stereocenters. The molecular formula is C21H16N6O4. The highest BCUT2D eigenvalue weighted by Crippen LogP contribution is 2.25. The van der Waals surface area contributed by atoms with E-state index in [1.54, 1.807) is 0 Å². The highest BCUT2D eigenvalue weighted by atomic mass is 16.5. The predicted octanol–water partition coefficient (Wildman–Crippen LogP) is 2.24. The number of fused-ring (bicyclic) bond motifs is 2. The summed E-state index contributed by atoms with van der Waals surface area (Å²) in [5, 5.41) is 19.3. The Morgan fingerprint density at radius 2 is 1.94 bits per heavy atom. The fourth-order valence-electron chi connectivity index (χ4n) is 3.38. The lowest BCUT2D eigenvalue weighted by Gasteiger charge is -2.10. The number of carboxylic acid groups (broad SMARTS) is 1. The molecule has 0 amide bonds. The average molecular weight is 416 g/mol. The van der Waals surface area contributed by atoms with Crippen molar-refractivity contribution in [3.63, 3.8) is 0 Å². The highest BCUT2D eigenvalue weighted by Gasteiger charge is 2.14. The molecule has 3 aromatic heterocycles. The van der Waals surface area contributed by atoms with Crippen LogP contribution in [-0.4, -0.2) is 47.2 Å². The minimum Gasteiger partial charge on any atom is -0.491 e. The summed E-state index contributed by atoms with van der Waals surface area (Å²) in [4.78, 5) is 30.6. The minimum absolute atomic E-state index is 0.0102. The number of carboxylic acids is 1. The van der Waals surface area contributed by atoms with Crippen molar-refractivity contribution in [2.24, 2.45) is 0 Å². The summed E-state index contributed by atoms with van der Waals surface area (Å²) in [6, 6.07) is 13.8. The minimum atomic E-state index is -1.12. The summed E-state index contributed by atoms with van der Waals surface area (Å²) in [6.07, 6.45) is 3.93. The standard InChI is InChI=1S/C21H16N6O4/c28-19-18-16(24-21(25-19)27-12-14(10-22-27)20(29)30)11-23-26(18)8-9-31-17-7-3-5-13-4-1-2-6-15(13)17/h1-7,10-12H,8-9H2,(H,29,30)(H,24,25,28). The van der Waals surface area contributed by atoms with Crippen LogP contribution in [0.15, 0.2) is 65.8 Å². The fourth-order valence-corrected chi connectivity index (χ4v) is 3.38. The molecule has 0 saturated heterocycles. The first kappa shape index (κ1) is 18.6. The first-order valence-corrected chi connectivity index (χ1v) is 9.45. The molecule has 0 spiro atoms. The van der Waals surface area contributed by atoms with Crippen LogP contribution in [0.2, 0.25) is 0 Å². The number of nitrogens with zero attached hydrogens (tertiary/aromatic N) is 5. The number of rotatable bonds is 6. The number of carbonyl (C=O) groups is 1. The molecule has 2 N–H and O–H groups in total. The molecule has 154 valence electrons. The Kier molecular flexibility index (Phi) is 4.43. The number of hydrogen-bond donors (Lipinski definition) is 2. The molecule has 0 aliphatic carbocycles. The van der Waals surface area contributed by atoms with Gasteiger partial charge in [0.2, 0.25) is 5.95 Å². The van der Waals surface area contributed by atoms with Crippen molar-refractivity contribution in [3.05, 3.63) is 77.0 Å².